The summed E-state index contributed by atoms with van der Waals surface area (Å²) < 4.78 is 32.6. The molecule has 1 N–H and O–H groups in total. The molecule has 1 amide bonds. The number of rotatable bonds is 7. The molecule has 0 radical (unpaired) electrons. The highest BCUT2D eigenvalue weighted by molar-refractivity contribution is 7.89. The van der Waals surface area contributed by atoms with E-state index in [1.54, 1.807) is 41.3 Å². The zero-order valence-corrected chi connectivity index (χ0v) is 15.6. The van der Waals surface area contributed by atoms with Crippen LogP contribution in [-0.2, 0) is 14.8 Å². The summed E-state index contributed by atoms with van der Waals surface area (Å²) in [6.07, 6.45) is 1.36. The maximum Gasteiger partial charge on any atom is 0.240 e. The summed E-state index contributed by atoms with van der Waals surface area (Å²) in [5.74, 6) is 0.686. The zero-order valence-electron chi connectivity index (χ0n) is 14.0. The molecule has 1 fully saturated rings. The average molecular weight is 395 g/mol. The largest absolute Gasteiger partial charge is 0.492 e. The number of amides is 1. The van der Waals surface area contributed by atoms with Crippen LogP contribution in [0.3, 0.4) is 0 Å². The molecule has 0 unspecified atom stereocenters. The van der Waals surface area contributed by atoms with Crippen molar-refractivity contribution in [2.24, 2.45) is 0 Å². The number of sulfonamides is 1. The van der Waals surface area contributed by atoms with Gasteiger partial charge in [-0.1, -0.05) is 11.6 Å². The number of carbonyl (C=O) groups is 1. The molecule has 1 heterocycles. The molecular weight excluding hydrogens is 376 g/mol. The van der Waals surface area contributed by atoms with E-state index in [9.17, 15) is 13.2 Å². The van der Waals surface area contributed by atoms with E-state index in [0.717, 1.165) is 12.1 Å². The highest BCUT2D eigenvalue weighted by Crippen LogP contribution is 2.23. The van der Waals surface area contributed by atoms with Gasteiger partial charge >= 0.3 is 0 Å². The summed E-state index contributed by atoms with van der Waals surface area (Å²) in [6.45, 7) is 1.00. The molecule has 1 aliphatic rings. The molecule has 1 saturated heterocycles. The van der Waals surface area contributed by atoms with Gasteiger partial charge in [-0.3, -0.25) is 4.79 Å². The number of anilines is 1. The highest BCUT2D eigenvalue weighted by Gasteiger charge is 2.22. The van der Waals surface area contributed by atoms with E-state index in [4.69, 9.17) is 16.3 Å². The first-order valence-corrected chi connectivity index (χ1v) is 10.1. The van der Waals surface area contributed by atoms with Crippen molar-refractivity contribution in [2.45, 2.75) is 17.7 Å². The molecule has 0 saturated carbocycles. The van der Waals surface area contributed by atoms with Gasteiger partial charge in [0, 0.05) is 30.2 Å². The summed E-state index contributed by atoms with van der Waals surface area (Å²) in [7, 11) is -3.63. The lowest BCUT2D eigenvalue weighted by Gasteiger charge is -2.16. The van der Waals surface area contributed by atoms with Crippen molar-refractivity contribution in [2.75, 3.05) is 24.6 Å². The molecular formula is C18H19ClN2O4S. The molecule has 0 spiro atoms. The summed E-state index contributed by atoms with van der Waals surface area (Å²) >= 11 is 5.79. The van der Waals surface area contributed by atoms with Crippen molar-refractivity contribution in [1.82, 2.24) is 4.72 Å². The number of ether oxygens (including phenoxy) is 1. The monoisotopic (exact) mass is 394 g/mol. The first-order chi connectivity index (χ1) is 12.5. The Kier molecular flexibility index (Phi) is 5.80. The van der Waals surface area contributed by atoms with E-state index >= 15 is 0 Å². The van der Waals surface area contributed by atoms with Crippen molar-refractivity contribution in [1.29, 1.82) is 0 Å². The van der Waals surface area contributed by atoms with Gasteiger partial charge in [0.2, 0.25) is 15.9 Å². The Balaban J connectivity index is 1.54. The Labute approximate surface area is 157 Å². The first kappa shape index (κ1) is 18.7. The van der Waals surface area contributed by atoms with Gasteiger partial charge in [-0.15, -0.1) is 0 Å². The topological polar surface area (TPSA) is 75.7 Å². The second-order valence-electron chi connectivity index (χ2n) is 5.84. The van der Waals surface area contributed by atoms with Crippen LogP contribution in [0.15, 0.2) is 53.4 Å². The van der Waals surface area contributed by atoms with Crippen LogP contribution >= 0.6 is 11.6 Å². The summed E-state index contributed by atoms with van der Waals surface area (Å²) in [5, 5.41) is 0.608. The van der Waals surface area contributed by atoms with Crippen LogP contribution in [0.2, 0.25) is 5.02 Å². The second-order valence-corrected chi connectivity index (χ2v) is 8.05. The molecule has 2 aromatic rings. The minimum Gasteiger partial charge on any atom is -0.492 e. The maximum atomic E-state index is 12.3. The number of halogens is 1. The van der Waals surface area contributed by atoms with Gasteiger partial charge < -0.3 is 9.64 Å². The van der Waals surface area contributed by atoms with Gasteiger partial charge in [-0.25, -0.2) is 13.1 Å². The van der Waals surface area contributed by atoms with E-state index in [1.165, 1.54) is 12.1 Å². The number of nitrogens with zero attached hydrogens (tertiary/aromatic N) is 1. The molecule has 0 bridgehead atoms. The lowest BCUT2D eigenvalue weighted by atomic mass is 10.3. The van der Waals surface area contributed by atoms with E-state index < -0.39 is 10.0 Å². The Morgan fingerprint density at radius 1 is 1.08 bits per heavy atom. The minimum atomic E-state index is -3.63. The van der Waals surface area contributed by atoms with E-state index in [0.29, 0.717) is 23.7 Å². The van der Waals surface area contributed by atoms with Gasteiger partial charge in [0.15, 0.2) is 0 Å². The number of carbonyl (C=O) groups excluding carboxylic acids is 1. The van der Waals surface area contributed by atoms with Gasteiger partial charge in [-0.2, -0.15) is 0 Å². The zero-order chi connectivity index (χ0) is 18.6. The standard InChI is InChI=1S/C18H19ClN2O4S/c19-14-3-7-16(8-4-14)25-13-11-20-26(23,24)17-9-5-15(6-10-17)21-12-1-2-18(21)22/h3-10,20H,1-2,11-13H2. The lowest BCUT2D eigenvalue weighted by molar-refractivity contribution is -0.117. The van der Waals surface area contributed by atoms with Crippen LogP contribution in [0.5, 0.6) is 5.75 Å². The summed E-state index contributed by atoms with van der Waals surface area (Å²) in [6, 6.07) is 13.2. The van der Waals surface area contributed by atoms with Crippen LogP contribution in [0, 0.1) is 0 Å². The highest BCUT2D eigenvalue weighted by atomic mass is 35.5. The SMILES string of the molecule is O=C1CCCN1c1ccc(S(=O)(=O)NCCOc2ccc(Cl)cc2)cc1. The quantitative estimate of drug-likeness (QED) is 0.732. The van der Waals surface area contributed by atoms with Crippen molar-refractivity contribution in [3.8, 4) is 5.75 Å². The maximum absolute atomic E-state index is 12.3. The summed E-state index contributed by atoms with van der Waals surface area (Å²) in [5.41, 5.74) is 0.720. The fraction of sp³-hybridized carbons (Fsp3) is 0.278. The van der Waals surface area contributed by atoms with E-state index in [1.807, 2.05) is 0 Å². The van der Waals surface area contributed by atoms with Gasteiger partial charge in [-0.05, 0) is 55.0 Å². The fourth-order valence-corrected chi connectivity index (χ4v) is 3.82. The van der Waals surface area contributed by atoms with Crippen molar-refractivity contribution in [3.05, 3.63) is 53.6 Å². The third-order valence-electron chi connectivity index (χ3n) is 4.01. The molecule has 0 atom stereocenters. The fourth-order valence-electron chi connectivity index (χ4n) is 2.69. The van der Waals surface area contributed by atoms with Crippen LogP contribution in [0.25, 0.3) is 0 Å². The third-order valence-corrected chi connectivity index (χ3v) is 5.74. The number of hydrogen-bond acceptors (Lipinski definition) is 4. The molecule has 1 aliphatic heterocycles. The van der Waals surface area contributed by atoms with Crippen molar-refractivity contribution in [3.63, 3.8) is 0 Å². The number of hydrogen-bond donors (Lipinski definition) is 1. The van der Waals surface area contributed by atoms with Crippen LogP contribution < -0.4 is 14.4 Å². The predicted molar refractivity (Wildman–Crippen MR) is 100 cm³/mol. The van der Waals surface area contributed by atoms with Gasteiger partial charge in [0.1, 0.15) is 12.4 Å². The summed E-state index contributed by atoms with van der Waals surface area (Å²) in [4.78, 5) is 13.6. The van der Waals surface area contributed by atoms with E-state index in [-0.39, 0.29) is 24.0 Å². The Bertz CT molecular complexity index is 867. The number of benzene rings is 2. The van der Waals surface area contributed by atoms with Crippen molar-refractivity contribution < 1.29 is 17.9 Å². The average Bonchev–Trinajstić information content (AvgIpc) is 3.06. The molecule has 8 heteroatoms. The van der Waals surface area contributed by atoms with Crippen LogP contribution in [-0.4, -0.2) is 34.0 Å². The lowest BCUT2D eigenvalue weighted by Crippen LogP contribution is -2.28. The first-order valence-electron chi connectivity index (χ1n) is 8.24. The Morgan fingerprint density at radius 3 is 2.38 bits per heavy atom. The van der Waals surface area contributed by atoms with Crippen LogP contribution in [0.4, 0.5) is 5.69 Å². The molecule has 138 valence electrons. The Morgan fingerprint density at radius 2 is 1.77 bits per heavy atom. The molecule has 6 nitrogen and oxygen atoms in total. The van der Waals surface area contributed by atoms with E-state index in [2.05, 4.69) is 4.72 Å². The Hall–Kier alpha value is -2.09. The third kappa shape index (κ3) is 4.55. The van der Waals surface area contributed by atoms with Gasteiger partial charge in [0.25, 0.3) is 0 Å². The van der Waals surface area contributed by atoms with Crippen LogP contribution in [0.1, 0.15) is 12.8 Å². The molecule has 26 heavy (non-hydrogen) atoms. The van der Waals surface area contributed by atoms with Gasteiger partial charge in [0.05, 0.1) is 4.90 Å². The molecule has 3 rings (SSSR count). The molecule has 0 aromatic heterocycles. The number of nitrogens with one attached hydrogen (secondary N) is 1. The minimum absolute atomic E-state index is 0.0677. The smallest absolute Gasteiger partial charge is 0.240 e. The molecule has 2 aromatic carbocycles. The predicted octanol–water partition coefficient (Wildman–Crippen LogP) is 2.82. The molecule has 0 aliphatic carbocycles. The second kappa shape index (κ2) is 8.07. The van der Waals surface area contributed by atoms with Crippen molar-refractivity contribution >= 4 is 33.2 Å². The normalized spacial score (nSPS) is 14.7.